The third kappa shape index (κ3) is 26.1. The third-order valence-electron chi connectivity index (χ3n) is 6.37. The van der Waals surface area contributed by atoms with E-state index in [0.29, 0.717) is 0 Å². The predicted molar refractivity (Wildman–Crippen MR) is 143 cm³/mol. The molecule has 0 aliphatic carbocycles. The van der Waals surface area contributed by atoms with Crippen molar-refractivity contribution < 1.29 is 9.47 Å². The Morgan fingerprint density at radius 1 is 0.500 bits per heavy atom. The number of nitrogens with zero attached hydrogens (tertiary/aromatic N) is 1. The fourth-order valence-electron chi connectivity index (χ4n) is 4.31. The van der Waals surface area contributed by atoms with Gasteiger partial charge < -0.3 is 14.4 Å². The lowest BCUT2D eigenvalue weighted by Gasteiger charge is -2.21. The Morgan fingerprint density at radius 2 is 0.875 bits per heavy atom. The molecule has 0 heterocycles. The molecular weight excluding hydrogens is 394 g/mol. The summed E-state index contributed by atoms with van der Waals surface area (Å²) in [4.78, 5) is 2.22. The Morgan fingerprint density at radius 3 is 1.28 bits per heavy atom. The first-order valence-electron chi connectivity index (χ1n) is 14.5. The summed E-state index contributed by atoms with van der Waals surface area (Å²) in [7, 11) is 4.25. The van der Waals surface area contributed by atoms with Crippen LogP contribution in [0.5, 0.6) is 0 Å². The highest BCUT2D eigenvalue weighted by Gasteiger charge is 2.10. The van der Waals surface area contributed by atoms with Crippen LogP contribution in [0.1, 0.15) is 142 Å². The van der Waals surface area contributed by atoms with Gasteiger partial charge in [0.2, 0.25) is 0 Å². The molecule has 0 spiro atoms. The summed E-state index contributed by atoms with van der Waals surface area (Å²) in [5.74, 6) is 0. The SMILES string of the molecule is CCCCCCCCCCCCOC[C@H](CN(C)C)OCCCCCCCCCCCC. The zero-order valence-corrected chi connectivity index (χ0v) is 22.8. The van der Waals surface area contributed by atoms with Crippen molar-refractivity contribution >= 4 is 0 Å². The third-order valence-corrected chi connectivity index (χ3v) is 6.37. The molecule has 0 bridgehead atoms. The van der Waals surface area contributed by atoms with Gasteiger partial charge in [0.1, 0.15) is 0 Å². The van der Waals surface area contributed by atoms with Gasteiger partial charge in [-0.3, -0.25) is 0 Å². The van der Waals surface area contributed by atoms with Crippen LogP contribution >= 0.6 is 0 Å². The average molecular weight is 456 g/mol. The number of hydrogen-bond acceptors (Lipinski definition) is 3. The molecule has 3 heteroatoms. The van der Waals surface area contributed by atoms with Crippen molar-refractivity contribution in [1.82, 2.24) is 4.90 Å². The van der Waals surface area contributed by atoms with Gasteiger partial charge in [-0.15, -0.1) is 0 Å². The van der Waals surface area contributed by atoms with E-state index in [0.717, 1.165) is 26.4 Å². The van der Waals surface area contributed by atoms with Gasteiger partial charge in [0.25, 0.3) is 0 Å². The molecule has 0 aromatic rings. The minimum Gasteiger partial charge on any atom is -0.379 e. The topological polar surface area (TPSA) is 21.7 Å². The maximum atomic E-state index is 6.16. The highest BCUT2D eigenvalue weighted by atomic mass is 16.5. The van der Waals surface area contributed by atoms with Gasteiger partial charge in [0.05, 0.1) is 12.7 Å². The van der Waals surface area contributed by atoms with Crippen molar-refractivity contribution in [3.8, 4) is 0 Å². The van der Waals surface area contributed by atoms with Crippen LogP contribution < -0.4 is 0 Å². The van der Waals surface area contributed by atoms with Gasteiger partial charge in [-0.25, -0.2) is 0 Å². The summed E-state index contributed by atoms with van der Waals surface area (Å²) in [6.07, 6.45) is 27.7. The number of ether oxygens (including phenoxy) is 2. The van der Waals surface area contributed by atoms with Gasteiger partial charge >= 0.3 is 0 Å². The Bertz CT molecular complexity index is 335. The standard InChI is InChI=1S/C29H61NO2/c1-5-7-9-11-13-15-17-19-21-23-25-31-28-29(27-30(3)4)32-26-24-22-20-18-16-14-12-10-8-6-2/h29H,5-28H2,1-4H3/t29-/m0/s1. The van der Waals surface area contributed by atoms with E-state index in [4.69, 9.17) is 9.47 Å². The molecule has 0 aromatic carbocycles. The lowest BCUT2D eigenvalue weighted by Crippen LogP contribution is -2.32. The van der Waals surface area contributed by atoms with Crippen LogP contribution in [0.25, 0.3) is 0 Å². The second kappa shape index (κ2) is 27.1. The summed E-state index contributed by atoms with van der Waals surface area (Å²) < 4.78 is 12.1. The molecule has 0 unspecified atom stereocenters. The van der Waals surface area contributed by atoms with Gasteiger partial charge in [-0.1, -0.05) is 129 Å². The number of hydrogen-bond donors (Lipinski definition) is 0. The van der Waals surface area contributed by atoms with E-state index in [9.17, 15) is 0 Å². The summed E-state index contributed by atoms with van der Waals surface area (Å²) in [6.45, 7) is 8.05. The molecule has 0 aromatic heterocycles. The van der Waals surface area contributed by atoms with Crippen LogP contribution in [-0.4, -0.2) is 51.5 Å². The molecule has 0 rings (SSSR count). The van der Waals surface area contributed by atoms with Gasteiger partial charge in [0, 0.05) is 19.8 Å². The Hall–Kier alpha value is -0.120. The molecule has 0 saturated heterocycles. The van der Waals surface area contributed by atoms with Crippen LogP contribution in [0.3, 0.4) is 0 Å². The van der Waals surface area contributed by atoms with E-state index >= 15 is 0 Å². The van der Waals surface area contributed by atoms with Crippen molar-refractivity contribution in [2.75, 3.05) is 40.5 Å². The van der Waals surface area contributed by atoms with E-state index < -0.39 is 0 Å². The van der Waals surface area contributed by atoms with E-state index in [1.54, 1.807) is 0 Å². The molecule has 3 nitrogen and oxygen atoms in total. The zero-order chi connectivity index (χ0) is 23.5. The molecule has 194 valence electrons. The average Bonchev–Trinajstić information content (AvgIpc) is 2.77. The minimum absolute atomic E-state index is 0.215. The predicted octanol–water partition coefficient (Wildman–Crippen LogP) is 8.79. The fourth-order valence-corrected chi connectivity index (χ4v) is 4.31. The molecule has 0 aliphatic heterocycles. The molecule has 1 atom stereocenters. The lowest BCUT2D eigenvalue weighted by molar-refractivity contribution is -0.0287. The van der Waals surface area contributed by atoms with Gasteiger partial charge in [-0.05, 0) is 26.9 Å². The quantitative estimate of drug-likeness (QED) is 0.115. The Labute approximate surface area is 203 Å². The molecule has 0 saturated carbocycles. The zero-order valence-electron chi connectivity index (χ0n) is 22.8. The molecule has 0 amide bonds. The summed E-state index contributed by atoms with van der Waals surface area (Å²) in [5.41, 5.74) is 0. The molecule has 0 aliphatic rings. The maximum absolute atomic E-state index is 6.16. The van der Waals surface area contributed by atoms with Crippen LogP contribution in [0.2, 0.25) is 0 Å². The monoisotopic (exact) mass is 455 g/mol. The second-order valence-electron chi connectivity index (χ2n) is 10.2. The summed E-state index contributed by atoms with van der Waals surface area (Å²) in [5, 5.41) is 0. The van der Waals surface area contributed by atoms with E-state index in [1.165, 1.54) is 128 Å². The highest BCUT2D eigenvalue weighted by molar-refractivity contribution is 4.61. The van der Waals surface area contributed by atoms with Crippen molar-refractivity contribution in [2.45, 2.75) is 148 Å². The summed E-state index contributed by atoms with van der Waals surface area (Å²) >= 11 is 0. The van der Waals surface area contributed by atoms with E-state index in [1.807, 2.05) is 0 Å². The van der Waals surface area contributed by atoms with E-state index in [-0.39, 0.29) is 6.10 Å². The number of likely N-dealkylation sites (N-methyl/N-ethyl adjacent to an activating group) is 1. The largest absolute Gasteiger partial charge is 0.379 e. The molecule has 0 N–H and O–H groups in total. The van der Waals surface area contributed by atoms with Gasteiger partial charge in [0.15, 0.2) is 0 Å². The van der Waals surface area contributed by atoms with Crippen molar-refractivity contribution in [3.05, 3.63) is 0 Å². The fraction of sp³-hybridized carbons (Fsp3) is 1.00. The van der Waals surface area contributed by atoms with Gasteiger partial charge in [-0.2, -0.15) is 0 Å². The second-order valence-corrected chi connectivity index (χ2v) is 10.2. The normalized spacial score (nSPS) is 12.7. The van der Waals surface area contributed by atoms with Crippen LogP contribution in [0.4, 0.5) is 0 Å². The van der Waals surface area contributed by atoms with Crippen molar-refractivity contribution in [3.63, 3.8) is 0 Å². The van der Waals surface area contributed by atoms with Crippen LogP contribution in [0, 0.1) is 0 Å². The minimum atomic E-state index is 0.215. The highest BCUT2D eigenvalue weighted by Crippen LogP contribution is 2.12. The van der Waals surface area contributed by atoms with E-state index in [2.05, 4.69) is 32.8 Å². The molecular formula is C29H61NO2. The lowest BCUT2D eigenvalue weighted by atomic mass is 10.1. The summed E-state index contributed by atoms with van der Waals surface area (Å²) in [6, 6.07) is 0. The maximum Gasteiger partial charge on any atom is 0.0934 e. The smallest absolute Gasteiger partial charge is 0.0934 e. The van der Waals surface area contributed by atoms with Crippen molar-refractivity contribution in [1.29, 1.82) is 0 Å². The molecule has 0 radical (unpaired) electrons. The molecule has 32 heavy (non-hydrogen) atoms. The molecule has 0 fully saturated rings. The number of unbranched alkanes of at least 4 members (excludes halogenated alkanes) is 18. The number of rotatable bonds is 27. The van der Waals surface area contributed by atoms with Crippen LogP contribution in [-0.2, 0) is 9.47 Å². The van der Waals surface area contributed by atoms with Crippen molar-refractivity contribution in [2.24, 2.45) is 0 Å². The first kappa shape index (κ1) is 31.9. The first-order chi connectivity index (χ1) is 15.7. The Kier molecular flexibility index (Phi) is 27.0. The first-order valence-corrected chi connectivity index (χ1v) is 14.5. The Balaban J connectivity index is 3.52. The van der Waals surface area contributed by atoms with Crippen LogP contribution in [0.15, 0.2) is 0 Å².